The van der Waals surface area contributed by atoms with Gasteiger partial charge in [0.1, 0.15) is 6.04 Å². The second-order valence-corrected chi connectivity index (χ2v) is 8.77. The first-order valence-electron chi connectivity index (χ1n) is 10.8. The van der Waals surface area contributed by atoms with Gasteiger partial charge in [-0.3, -0.25) is 9.59 Å². The zero-order chi connectivity index (χ0) is 21.5. The number of aryl methyl sites for hydroxylation is 1. The van der Waals surface area contributed by atoms with Crippen LogP contribution in [0.5, 0.6) is 0 Å². The Labute approximate surface area is 184 Å². The molecule has 2 aromatic rings. The van der Waals surface area contributed by atoms with Crippen LogP contribution >= 0.6 is 11.6 Å². The number of nitrogens with zero attached hydrogens (tertiary/aromatic N) is 1. The molecular weight excluding hydrogens is 396 g/mol. The zero-order valence-electron chi connectivity index (χ0n) is 17.9. The highest BCUT2D eigenvalue weighted by molar-refractivity contribution is 6.30. The van der Waals surface area contributed by atoms with Gasteiger partial charge in [0.05, 0.1) is 6.42 Å². The molecule has 1 atom stereocenters. The summed E-state index contributed by atoms with van der Waals surface area (Å²) in [6, 6.07) is 15.1. The molecule has 2 aromatic carbocycles. The molecule has 1 aliphatic rings. The number of benzene rings is 2. The molecule has 0 heterocycles. The Morgan fingerprint density at radius 2 is 1.60 bits per heavy atom. The van der Waals surface area contributed by atoms with Gasteiger partial charge in [0.25, 0.3) is 0 Å². The van der Waals surface area contributed by atoms with Crippen LogP contribution < -0.4 is 5.32 Å². The van der Waals surface area contributed by atoms with E-state index in [4.69, 9.17) is 11.6 Å². The fraction of sp³-hybridized carbons (Fsp3) is 0.440. The molecule has 0 radical (unpaired) electrons. The number of hydrogen-bond acceptors (Lipinski definition) is 2. The maximum atomic E-state index is 13.2. The van der Waals surface area contributed by atoms with Gasteiger partial charge in [-0.15, -0.1) is 0 Å². The molecule has 0 aliphatic heterocycles. The molecule has 2 amide bonds. The normalized spacial score (nSPS) is 15.4. The predicted octanol–water partition coefficient (Wildman–Crippen LogP) is 5.06. The maximum absolute atomic E-state index is 13.2. The van der Waals surface area contributed by atoms with Crippen LogP contribution in [0.4, 0.5) is 0 Å². The summed E-state index contributed by atoms with van der Waals surface area (Å²) in [5.41, 5.74) is 3.06. The molecule has 5 heteroatoms. The van der Waals surface area contributed by atoms with E-state index in [2.05, 4.69) is 5.32 Å². The monoisotopic (exact) mass is 426 g/mol. The van der Waals surface area contributed by atoms with Crippen LogP contribution in [0.1, 0.15) is 55.7 Å². The van der Waals surface area contributed by atoms with Crippen LogP contribution in [0, 0.1) is 6.92 Å². The van der Waals surface area contributed by atoms with E-state index in [0.29, 0.717) is 11.6 Å². The van der Waals surface area contributed by atoms with E-state index >= 15 is 0 Å². The van der Waals surface area contributed by atoms with Gasteiger partial charge in [-0.05, 0) is 49.9 Å². The average molecular weight is 427 g/mol. The molecule has 4 nitrogen and oxygen atoms in total. The standard InChI is InChI=1S/C25H31ClN2O2/c1-18-8-10-20(11-9-18)16-24(29)28(17-21-12-14-22(26)15-13-21)19(2)25(30)27-23-6-4-3-5-7-23/h8-15,19,23H,3-7,16-17H2,1-2H3,(H,27,30). The Kier molecular flexibility index (Phi) is 7.92. The third kappa shape index (κ3) is 6.33. The Hall–Kier alpha value is -2.33. The third-order valence-electron chi connectivity index (χ3n) is 5.86. The molecular formula is C25H31ClN2O2. The quantitative estimate of drug-likeness (QED) is 0.672. The number of hydrogen-bond donors (Lipinski definition) is 1. The number of carbonyl (C=O) groups is 2. The first kappa shape index (κ1) is 22.4. The molecule has 1 N–H and O–H groups in total. The van der Waals surface area contributed by atoms with Crippen molar-refractivity contribution >= 4 is 23.4 Å². The van der Waals surface area contributed by atoms with E-state index in [-0.39, 0.29) is 24.3 Å². The van der Waals surface area contributed by atoms with Crippen LogP contribution in [0.25, 0.3) is 0 Å². The van der Waals surface area contributed by atoms with Gasteiger partial charge in [0, 0.05) is 17.6 Å². The summed E-state index contributed by atoms with van der Waals surface area (Å²) in [7, 11) is 0. The summed E-state index contributed by atoms with van der Waals surface area (Å²) in [6.07, 6.45) is 5.86. The predicted molar refractivity (Wildman–Crippen MR) is 121 cm³/mol. The van der Waals surface area contributed by atoms with Crippen molar-refractivity contribution in [3.8, 4) is 0 Å². The summed E-state index contributed by atoms with van der Waals surface area (Å²) in [5.74, 6) is -0.131. The van der Waals surface area contributed by atoms with Crippen LogP contribution in [0.2, 0.25) is 5.02 Å². The summed E-state index contributed by atoms with van der Waals surface area (Å²) in [4.78, 5) is 27.9. The second kappa shape index (κ2) is 10.6. The number of carbonyl (C=O) groups excluding carboxylic acids is 2. The largest absolute Gasteiger partial charge is 0.352 e. The minimum atomic E-state index is -0.541. The molecule has 0 saturated heterocycles. The van der Waals surface area contributed by atoms with E-state index in [0.717, 1.165) is 42.4 Å². The van der Waals surface area contributed by atoms with Crippen molar-refractivity contribution in [1.82, 2.24) is 10.2 Å². The van der Waals surface area contributed by atoms with Gasteiger partial charge in [-0.2, -0.15) is 0 Å². The lowest BCUT2D eigenvalue weighted by Gasteiger charge is -2.31. The second-order valence-electron chi connectivity index (χ2n) is 8.33. The van der Waals surface area contributed by atoms with Gasteiger partial charge in [0.2, 0.25) is 11.8 Å². The maximum Gasteiger partial charge on any atom is 0.242 e. The van der Waals surface area contributed by atoms with Crippen molar-refractivity contribution in [3.63, 3.8) is 0 Å². The Morgan fingerprint density at radius 3 is 2.23 bits per heavy atom. The van der Waals surface area contributed by atoms with Gasteiger partial charge in [0.15, 0.2) is 0 Å². The van der Waals surface area contributed by atoms with Crippen LogP contribution in [-0.2, 0) is 22.6 Å². The molecule has 160 valence electrons. The van der Waals surface area contributed by atoms with Gasteiger partial charge in [-0.1, -0.05) is 72.8 Å². The van der Waals surface area contributed by atoms with Crippen LogP contribution in [0.3, 0.4) is 0 Å². The highest BCUT2D eigenvalue weighted by atomic mass is 35.5. The Bertz CT molecular complexity index is 842. The number of rotatable bonds is 7. The topological polar surface area (TPSA) is 49.4 Å². The van der Waals surface area contributed by atoms with E-state index < -0.39 is 6.04 Å². The van der Waals surface area contributed by atoms with Crippen molar-refractivity contribution in [2.24, 2.45) is 0 Å². The molecule has 0 bridgehead atoms. The fourth-order valence-electron chi connectivity index (χ4n) is 3.92. The number of nitrogens with one attached hydrogen (secondary N) is 1. The minimum absolute atomic E-state index is 0.0555. The first-order valence-corrected chi connectivity index (χ1v) is 11.2. The molecule has 30 heavy (non-hydrogen) atoms. The number of halogens is 1. The Balaban J connectivity index is 1.74. The molecule has 3 rings (SSSR count). The molecule has 1 aliphatic carbocycles. The van der Waals surface area contributed by atoms with E-state index in [1.165, 1.54) is 6.42 Å². The zero-order valence-corrected chi connectivity index (χ0v) is 18.6. The summed E-state index contributed by atoms with van der Waals surface area (Å²) in [5, 5.41) is 3.82. The summed E-state index contributed by atoms with van der Waals surface area (Å²) in [6.45, 7) is 4.22. The van der Waals surface area contributed by atoms with Gasteiger partial charge in [-0.25, -0.2) is 0 Å². The highest BCUT2D eigenvalue weighted by Crippen LogP contribution is 2.19. The minimum Gasteiger partial charge on any atom is -0.352 e. The van der Waals surface area contributed by atoms with E-state index in [9.17, 15) is 9.59 Å². The van der Waals surface area contributed by atoms with Crippen molar-refractivity contribution in [2.75, 3.05) is 0 Å². The molecule has 1 unspecified atom stereocenters. The molecule has 1 fully saturated rings. The van der Waals surface area contributed by atoms with Crippen molar-refractivity contribution in [3.05, 3.63) is 70.2 Å². The number of amides is 2. The lowest BCUT2D eigenvalue weighted by Crippen LogP contribution is -2.50. The highest BCUT2D eigenvalue weighted by Gasteiger charge is 2.28. The SMILES string of the molecule is Cc1ccc(CC(=O)N(Cc2ccc(Cl)cc2)C(C)C(=O)NC2CCCCC2)cc1. The smallest absolute Gasteiger partial charge is 0.242 e. The van der Waals surface area contributed by atoms with E-state index in [1.807, 2.05) is 62.4 Å². The molecule has 0 spiro atoms. The first-order chi connectivity index (χ1) is 14.4. The lowest BCUT2D eigenvalue weighted by atomic mass is 9.95. The Morgan fingerprint density at radius 1 is 1.00 bits per heavy atom. The van der Waals surface area contributed by atoms with Crippen molar-refractivity contribution in [1.29, 1.82) is 0 Å². The van der Waals surface area contributed by atoms with Crippen LogP contribution in [-0.4, -0.2) is 28.8 Å². The fourth-order valence-corrected chi connectivity index (χ4v) is 4.05. The third-order valence-corrected chi connectivity index (χ3v) is 6.11. The lowest BCUT2D eigenvalue weighted by molar-refractivity contribution is -0.140. The summed E-state index contributed by atoms with van der Waals surface area (Å²) < 4.78 is 0. The van der Waals surface area contributed by atoms with Crippen LogP contribution in [0.15, 0.2) is 48.5 Å². The van der Waals surface area contributed by atoms with Crippen molar-refractivity contribution in [2.45, 2.75) is 71.0 Å². The molecule has 1 saturated carbocycles. The van der Waals surface area contributed by atoms with E-state index in [1.54, 1.807) is 4.90 Å². The van der Waals surface area contributed by atoms with Crippen molar-refractivity contribution < 1.29 is 9.59 Å². The molecule has 0 aromatic heterocycles. The van der Waals surface area contributed by atoms with Gasteiger partial charge >= 0.3 is 0 Å². The summed E-state index contributed by atoms with van der Waals surface area (Å²) >= 11 is 6.01. The van der Waals surface area contributed by atoms with Gasteiger partial charge < -0.3 is 10.2 Å². The average Bonchev–Trinajstić information content (AvgIpc) is 2.75.